The Balaban J connectivity index is 2.37. The Morgan fingerprint density at radius 3 is 2.19 bits per heavy atom. The third-order valence-electron chi connectivity index (χ3n) is 4.21. The van der Waals surface area contributed by atoms with Crippen molar-refractivity contribution in [2.75, 3.05) is 6.61 Å². The van der Waals surface area contributed by atoms with Crippen molar-refractivity contribution in [2.45, 2.75) is 57.2 Å². The van der Waals surface area contributed by atoms with Gasteiger partial charge in [0, 0.05) is 37.0 Å². The second-order valence-electron chi connectivity index (χ2n) is 6.89. The molecule has 1 N–H and O–H groups in total. The highest BCUT2D eigenvalue weighted by atomic mass is 35.7. The molecule has 0 unspecified atom stereocenters. The van der Waals surface area contributed by atoms with Crippen LogP contribution in [-0.4, -0.2) is 68.7 Å². The highest BCUT2D eigenvalue weighted by molar-refractivity contribution is 8.13. The molecule has 178 valence electrons. The summed E-state index contributed by atoms with van der Waals surface area (Å²) in [7, 11) is 1.41. The molecule has 11 nitrogen and oxygen atoms in total. The van der Waals surface area contributed by atoms with Gasteiger partial charge >= 0.3 is 17.9 Å². The summed E-state index contributed by atoms with van der Waals surface area (Å²) in [5.41, 5.74) is 0.181. The van der Waals surface area contributed by atoms with E-state index in [9.17, 15) is 27.9 Å². The van der Waals surface area contributed by atoms with Crippen LogP contribution in [-0.2, 0) is 48.1 Å². The number of carbonyl (C=O) groups is 3. The lowest BCUT2D eigenvalue weighted by molar-refractivity contribution is -0.285. The van der Waals surface area contributed by atoms with E-state index in [4.69, 9.17) is 34.4 Å². The fraction of sp³-hybridized carbons (Fsp3) is 0.526. The van der Waals surface area contributed by atoms with Crippen LogP contribution in [0.2, 0.25) is 0 Å². The number of esters is 3. The average Bonchev–Trinajstić information content (AvgIpc) is 2.65. The molecular formula is C19H23ClO11S. The number of carbonyl (C=O) groups excluding carboxylic acids is 3. The first-order valence-corrected chi connectivity index (χ1v) is 11.8. The van der Waals surface area contributed by atoms with Crippen molar-refractivity contribution in [3.63, 3.8) is 0 Å². The van der Waals surface area contributed by atoms with Gasteiger partial charge in [-0.15, -0.1) is 0 Å². The van der Waals surface area contributed by atoms with Crippen LogP contribution < -0.4 is 4.74 Å². The Labute approximate surface area is 188 Å². The summed E-state index contributed by atoms with van der Waals surface area (Å²) in [6, 6.07) is 5.99. The zero-order valence-corrected chi connectivity index (χ0v) is 19.0. The summed E-state index contributed by atoms with van der Waals surface area (Å²) in [6.07, 6.45) is -7.09. The first-order valence-electron chi connectivity index (χ1n) is 9.35. The minimum Gasteiger partial charge on any atom is -0.463 e. The number of halogens is 1. The van der Waals surface area contributed by atoms with E-state index in [1.807, 2.05) is 0 Å². The van der Waals surface area contributed by atoms with Gasteiger partial charge in [-0.25, -0.2) is 8.42 Å². The average molecular weight is 495 g/mol. The van der Waals surface area contributed by atoms with E-state index in [0.717, 1.165) is 20.8 Å². The normalized spacial score (nSPS) is 25.5. The SMILES string of the molecule is CC(=O)OC[C@H]1O[C@@H](Oc2ccccc2CS(=O)(=O)Cl)[C@H](O)[C@@H](OC(C)=O)[C@H]1OC(C)=O. The number of hydrogen-bond donors (Lipinski definition) is 1. The van der Waals surface area contributed by atoms with Crippen LogP contribution >= 0.6 is 10.7 Å². The monoisotopic (exact) mass is 494 g/mol. The van der Waals surface area contributed by atoms with Gasteiger partial charge in [-0.3, -0.25) is 14.4 Å². The summed E-state index contributed by atoms with van der Waals surface area (Å²) < 4.78 is 49.6. The maximum atomic E-state index is 11.6. The zero-order valence-electron chi connectivity index (χ0n) is 17.4. The third-order valence-corrected chi connectivity index (χ3v) is 5.20. The molecule has 1 fully saturated rings. The molecule has 1 aliphatic heterocycles. The standard InChI is InChI=1S/C19H23ClO11S/c1-10(21)27-8-15-17(28-11(2)22)18(29-12(3)23)16(24)19(31-15)30-14-7-5-4-6-13(14)9-32(20,25)26/h4-7,15-19,24H,8-9H2,1-3H3/t15-,16-,17+,18-,19-/m1/s1. The zero-order chi connectivity index (χ0) is 24.1. The van der Waals surface area contributed by atoms with Gasteiger partial charge in [-0.1, -0.05) is 18.2 Å². The number of ether oxygens (including phenoxy) is 5. The lowest BCUT2D eigenvalue weighted by Gasteiger charge is -2.42. The van der Waals surface area contributed by atoms with E-state index >= 15 is 0 Å². The summed E-state index contributed by atoms with van der Waals surface area (Å²) >= 11 is 0. The molecule has 0 amide bonds. The first kappa shape index (κ1) is 25.8. The second kappa shape index (κ2) is 10.9. The van der Waals surface area contributed by atoms with Crippen LogP contribution in [0, 0.1) is 0 Å². The van der Waals surface area contributed by atoms with Gasteiger partial charge in [0.2, 0.25) is 15.3 Å². The minimum absolute atomic E-state index is 0.0273. The highest BCUT2D eigenvalue weighted by Crippen LogP contribution is 2.31. The van der Waals surface area contributed by atoms with Crippen molar-refractivity contribution in [3.8, 4) is 5.75 Å². The quantitative estimate of drug-likeness (QED) is 0.308. The van der Waals surface area contributed by atoms with Crippen LogP contribution in [0.15, 0.2) is 24.3 Å². The molecule has 13 heteroatoms. The number of aliphatic hydroxyl groups excluding tert-OH is 1. The van der Waals surface area contributed by atoms with Gasteiger partial charge < -0.3 is 28.8 Å². The Kier molecular flexibility index (Phi) is 8.84. The van der Waals surface area contributed by atoms with E-state index in [-0.39, 0.29) is 11.3 Å². The van der Waals surface area contributed by atoms with Crippen molar-refractivity contribution < 1.29 is 51.6 Å². The van der Waals surface area contributed by atoms with E-state index in [2.05, 4.69) is 0 Å². The van der Waals surface area contributed by atoms with Crippen LogP contribution in [0.3, 0.4) is 0 Å². The van der Waals surface area contributed by atoms with E-state index in [1.54, 1.807) is 12.1 Å². The smallest absolute Gasteiger partial charge is 0.303 e. The number of hydrogen-bond acceptors (Lipinski definition) is 11. The van der Waals surface area contributed by atoms with Gasteiger partial charge in [-0.05, 0) is 6.07 Å². The first-order chi connectivity index (χ1) is 14.9. The molecule has 0 aliphatic carbocycles. The van der Waals surface area contributed by atoms with Gasteiger partial charge in [0.15, 0.2) is 18.3 Å². The number of para-hydroxylation sites is 1. The molecule has 32 heavy (non-hydrogen) atoms. The summed E-state index contributed by atoms with van der Waals surface area (Å²) in [5, 5.41) is 10.8. The van der Waals surface area contributed by atoms with Crippen LogP contribution in [0.5, 0.6) is 5.75 Å². The van der Waals surface area contributed by atoms with Gasteiger partial charge in [0.1, 0.15) is 18.5 Å². The maximum absolute atomic E-state index is 11.6. The van der Waals surface area contributed by atoms with Crippen molar-refractivity contribution in [1.29, 1.82) is 0 Å². The second-order valence-corrected chi connectivity index (χ2v) is 9.67. The van der Waals surface area contributed by atoms with E-state index in [1.165, 1.54) is 12.1 Å². The molecule has 1 saturated heterocycles. The molecule has 1 aromatic carbocycles. The van der Waals surface area contributed by atoms with Crippen LogP contribution in [0.25, 0.3) is 0 Å². The van der Waals surface area contributed by atoms with Crippen LogP contribution in [0.4, 0.5) is 0 Å². The molecule has 0 bridgehead atoms. The predicted octanol–water partition coefficient (Wildman–Crippen LogP) is 0.646. The fourth-order valence-corrected chi connectivity index (χ4v) is 4.00. The topological polar surface area (TPSA) is 152 Å². The molecule has 0 aromatic heterocycles. The number of benzene rings is 1. The molecule has 2 rings (SSSR count). The van der Waals surface area contributed by atoms with E-state index < -0.39 is 70.0 Å². The van der Waals surface area contributed by atoms with Crippen molar-refractivity contribution in [1.82, 2.24) is 0 Å². The Morgan fingerprint density at radius 1 is 1.03 bits per heavy atom. The molecule has 5 atom stereocenters. The molecule has 1 heterocycles. The largest absolute Gasteiger partial charge is 0.463 e. The molecule has 1 aromatic rings. The molecule has 0 radical (unpaired) electrons. The fourth-order valence-electron chi connectivity index (χ4n) is 3.03. The highest BCUT2D eigenvalue weighted by Gasteiger charge is 2.51. The van der Waals surface area contributed by atoms with Gasteiger partial charge in [-0.2, -0.15) is 0 Å². The van der Waals surface area contributed by atoms with Gasteiger partial charge in [0.25, 0.3) is 0 Å². The van der Waals surface area contributed by atoms with E-state index in [0.29, 0.717) is 0 Å². The predicted molar refractivity (Wildman–Crippen MR) is 108 cm³/mol. The molecule has 1 aliphatic rings. The summed E-state index contributed by atoms with van der Waals surface area (Å²) in [6.45, 7) is 2.93. The lowest BCUT2D eigenvalue weighted by atomic mass is 9.98. The molecule has 0 spiro atoms. The molecular weight excluding hydrogens is 472 g/mol. The number of aliphatic hydroxyl groups is 1. The Morgan fingerprint density at radius 2 is 1.62 bits per heavy atom. The van der Waals surface area contributed by atoms with Crippen molar-refractivity contribution in [3.05, 3.63) is 29.8 Å². The minimum atomic E-state index is -3.93. The lowest BCUT2D eigenvalue weighted by Crippen LogP contribution is -2.62. The van der Waals surface area contributed by atoms with Crippen molar-refractivity contribution >= 4 is 37.6 Å². The molecule has 0 saturated carbocycles. The number of rotatable bonds is 8. The van der Waals surface area contributed by atoms with Crippen molar-refractivity contribution in [2.24, 2.45) is 0 Å². The maximum Gasteiger partial charge on any atom is 0.303 e. The Bertz CT molecular complexity index is 948. The van der Waals surface area contributed by atoms with Gasteiger partial charge in [0.05, 0.1) is 5.75 Å². The summed E-state index contributed by atoms with van der Waals surface area (Å²) in [5.74, 6) is -2.73. The summed E-state index contributed by atoms with van der Waals surface area (Å²) in [4.78, 5) is 34.5. The van der Waals surface area contributed by atoms with Crippen LogP contribution in [0.1, 0.15) is 26.3 Å². The Hall–Kier alpha value is -2.41. The third kappa shape index (κ3) is 7.62.